The molecule has 2 aromatic heterocycles. The molecular formula is C31H39N7O5Si. The molecule has 2 aromatic carbocycles. The van der Waals surface area contributed by atoms with E-state index in [-0.39, 0.29) is 23.1 Å². The van der Waals surface area contributed by atoms with E-state index in [0.717, 1.165) is 10.4 Å². The average Bonchev–Trinajstić information content (AvgIpc) is 3.58. The second-order valence-corrected chi connectivity index (χ2v) is 16.1. The van der Waals surface area contributed by atoms with Gasteiger partial charge < -0.3 is 23.6 Å². The molecule has 44 heavy (non-hydrogen) atoms. The molecule has 12 nitrogen and oxygen atoms in total. The molecule has 0 aliphatic carbocycles. The minimum absolute atomic E-state index is 0.0712. The van der Waals surface area contributed by atoms with E-state index in [2.05, 4.69) is 76.9 Å². The van der Waals surface area contributed by atoms with E-state index in [1.807, 2.05) is 50.5 Å². The van der Waals surface area contributed by atoms with Gasteiger partial charge in [-0.2, -0.15) is 4.98 Å². The fourth-order valence-electron chi connectivity index (χ4n) is 5.81. The second kappa shape index (κ2) is 12.8. The number of rotatable bonds is 11. The number of methoxy groups -OCH3 is 1. The Morgan fingerprint density at radius 1 is 1.09 bits per heavy atom. The zero-order valence-corrected chi connectivity index (χ0v) is 26.9. The number of ether oxygens (including phenoxy) is 2. The van der Waals surface area contributed by atoms with Crippen LogP contribution in [0.25, 0.3) is 11.2 Å². The molecule has 232 valence electrons. The van der Waals surface area contributed by atoms with Crippen LogP contribution in [0.5, 0.6) is 0 Å². The number of nitrogens with one attached hydrogen (secondary N) is 1. The van der Waals surface area contributed by atoms with Gasteiger partial charge in [0.1, 0.15) is 24.9 Å². The first kappa shape index (κ1) is 31.3. The Labute approximate surface area is 257 Å². The molecule has 3 heterocycles. The lowest BCUT2D eigenvalue weighted by atomic mass is 10.1. The summed E-state index contributed by atoms with van der Waals surface area (Å²) in [7, 11) is 2.22. The topological polar surface area (TPSA) is 128 Å². The summed E-state index contributed by atoms with van der Waals surface area (Å²) in [6, 6.07) is 20.7. The highest BCUT2D eigenvalue weighted by Crippen LogP contribution is 2.42. The third-order valence-corrected chi connectivity index (χ3v) is 12.8. The highest BCUT2D eigenvalue weighted by molar-refractivity contribution is 6.99. The quantitative estimate of drug-likeness (QED) is 0.118. The van der Waals surface area contributed by atoms with Crippen LogP contribution < -0.4 is 15.9 Å². The predicted octanol–water partition coefficient (Wildman–Crippen LogP) is 2.83. The van der Waals surface area contributed by atoms with Gasteiger partial charge in [0.15, 0.2) is 17.4 Å². The van der Waals surface area contributed by atoms with Crippen LogP contribution >= 0.6 is 0 Å². The maximum Gasteiger partial charge on any atom is 0.280 e. The minimum Gasteiger partial charge on any atom is -0.399 e. The molecule has 1 saturated heterocycles. The molecule has 4 atom stereocenters. The average molecular weight is 618 g/mol. The second-order valence-electron chi connectivity index (χ2n) is 11.9. The Kier molecular flexibility index (Phi) is 9.11. The Hall–Kier alpha value is -4.17. The summed E-state index contributed by atoms with van der Waals surface area (Å²) in [5, 5.41) is 5.56. The van der Waals surface area contributed by atoms with Gasteiger partial charge in [-0.05, 0) is 15.4 Å². The lowest BCUT2D eigenvalue weighted by Gasteiger charge is -2.45. The Morgan fingerprint density at radius 2 is 1.73 bits per heavy atom. The van der Waals surface area contributed by atoms with Crippen molar-refractivity contribution in [1.29, 1.82) is 0 Å². The van der Waals surface area contributed by atoms with E-state index in [4.69, 9.17) is 18.7 Å². The van der Waals surface area contributed by atoms with Crippen molar-refractivity contribution < 1.29 is 18.7 Å². The zero-order valence-electron chi connectivity index (χ0n) is 25.9. The van der Waals surface area contributed by atoms with E-state index >= 15 is 0 Å². The molecule has 0 spiro atoms. The first-order chi connectivity index (χ1) is 21.1. The van der Waals surface area contributed by atoms with Gasteiger partial charge in [0.05, 0.1) is 12.7 Å². The van der Waals surface area contributed by atoms with Crippen LogP contribution in [0.4, 0.5) is 5.95 Å². The predicted molar refractivity (Wildman–Crippen MR) is 173 cm³/mol. The van der Waals surface area contributed by atoms with Crippen molar-refractivity contribution >= 4 is 48.9 Å². The number of hydrogen-bond donors (Lipinski definition) is 1. The summed E-state index contributed by atoms with van der Waals surface area (Å²) in [6.07, 6.45) is 0.469. The molecule has 4 aromatic rings. The normalized spacial score (nSPS) is 20.8. The zero-order chi connectivity index (χ0) is 31.5. The number of nitrogens with zero attached hydrogens (tertiary/aromatic N) is 6. The van der Waals surface area contributed by atoms with Crippen LogP contribution in [-0.2, 0) is 18.7 Å². The van der Waals surface area contributed by atoms with Crippen LogP contribution in [0.1, 0.15) is 27.0 Å². The van der Waals surface area contributed by atoms with Crippen LogP contribution in [0.2, 0.25) is 5.04 Å². The smallest absolute Gasteiger partial charge is 0.280 e. The summed E-state index contributed by atoms with van der Waals surface area (Å²) >= 11 is 0. The number of benzene rings is 2. The molecule has 1 aliphatic heterocycles. The largest absolute Gasteiger partial charge is 0.399 e. The van der Waals surface area contributed by atoms with Crippen molar-refractivity contribution in [3.8, 4) is 0 Å². The molecule has 1 aliphatic rings. The summed E-state index contributed by atoms with van der Waals surface area (Å²) in [5.41, 5.74) is 0.0472. The molecule has 1 N–H and O–H groups in total. The minimum atomic E-state index is -3.04. The SMILES string of the molecule is C=NOC[C@H]1OC(n2cnc3c(=O)[nH]c(/N=C/N(C)C)nc32)[C@H](OC)[C@@H]1O[Si](c1ccccc1)(c1ccccc1)C(C)(C)C. The maximum absolute atomic E-state index is 12.9. The highest BCUT2D eigenvalue weighted by atomic mass is 28.4. The molecule has 0 bridgehead atoms. The summed E-state index contributed by atoms with van der Waals surface area (Å²) < 4.78 is 22.0. The van der Waals surface area contributed by atoms with Crippen LogP contribution in [-0.4, -0.2) is 91.9 Å². The van der Waals surface area contributed by atoms with E-state index in [9.17, 15) is 4.79 Å². The molecule has 13 heteroatoms. The number of hydrogen-bond acceptors (Lipinski definition) is 9. The Morgan fingerprint density at radius 3 is 2.27 bits per heavy atom. The molecule has 1 unspecified atom stereocenters. The van der Waals surface area contributed by atoms with Gasteiger partial charge in [0, 0.05) is 27.9 Å². The lowest BCUT2D eigenvalue weighted by Crippen LogP contribution is -2.69. The van der Waals surface area contributed by atoms with E-state index in [1.165, 1.54) is 6.33 Å². The number of imidazole rings is 1. The van der Waals surface area contributed by atoms with E-state index in [1.54, 1.807) is 22.9 Å². The van der Waals surface area contributed by atoms with Gasteiger partial charge in [-0.3, -0.25) is 14.3 Å². The monoisotopic (exact) mass is 617 g/mol. The molecule has 0 radical (unpaired) electrons. The fraction of sp³-hybridized carbons (Fsp3) is 0.387. The summed E-state index contributed by atoms with van der Waals surface area (Å²) in [5.74, 6) is 0.140. The molecular weight excluding hydrogens is 578 g/mol. The number of oxime groups is 1. The molecule has 5 rings (SSSR count). The number of fused-ring (bicyclic) bond motifs is 1. The first-order valence-electron chi connectivity index (χ1n) is 14.3. The summed E-state index contributed by atoms with van der Waals surface area (Å²) in [4.78, 5) is 36.0. The lowest BCUT2D eigenvalue weighted by molar-refractivity contribution is -0.0677. The molecule has 1 fully saturated rings. The van der Waals surface area contributed by atoms with Gasteiger partial charge in [-0.15, -0.1) is 5.16 Å². The van der Waals surface area contributed by atoms with Gasteiger partial charge >= 0.3 is 0 Å². The van der Waals surface area contributed by atoms with E-state index in [0.29, 0.717) is 5.65 Å². The van der Waals surface area contributed by atoms with E-state index < -0.39 is 38.4 Å². The van der Waals surface area contributed by atoms with Crippen LogP contribution in [0, 0.1) is 0 Å². The standard InChI is InChI=1S/C31H39N7O5Si/c1-31(2,3)44(21-14-10-8-11-15-21,22-16-12-9-13-17-22)43-25-23(18-41-32-4)42-29(26(25)40-7)38-20-33-24-27(38)35-30(36-28(24)39)34-19-37(5)6/h8-17,19-20,23,25-26,29H,4,18H2,1-3,5-7H3,(H,35,36,39)/b34-19+/t23-,25-,26-,29?/m1/s1. The number of H-pyrrole nitrogens is 1. The fourth-order valence-corrected chi connectivity index (χ4v) is 10.5. The van der Waals surface area contributed by atoms with Gasteiger partial charge in [-0.25, -0.2) is 9.98 Å². The third-order valence-electron chi connectivity index (χ3n) is 7.72. The highest BCUT2D eigenvalue weighted by Gasteiger charge is 2.57. The van der Waals surface area contributed by atoms with Gasteiger partial charge in [0.25, 0.3) is 13.9 Å². The van der Waals surface area contributed by atoms with Crippen molar-refractivity contribution in [3.05, 3.63) is 77.3 Å². The van der Waals surface area contributed by atoms with Crippen molar-refractivity contribution in [3.63, 3.8) is 0 Å². The Balaban J connectivity index is 1.65. The van der Waals surface area contributed by atoms with Crippen LogP contribution in [0.15, 0.2) is 81.9 Å². The van der Waals surface area contributed by atoms with Crippen molar-refractivity contribution in [2.45, 2.75) is 50.3 Å². The first-order valence-corrected chi connectivity index (χ1v) is 16.2. The van der Waals surface area contributed by atoms with Gasteiger partial charge in [-0.1, -0.05) is 81.4 Å². The molecule has 0 saturated carbocycles. The number of aromatic nitrogens is 4. The molecule has 0 amide bonds. The number of aliphatic imine (C=N–C) groups is 1. The Bertz CT molecular complexity index is 1610. The van der Waals surface area contributed by atoms with Crippen LogP contribution in [0.3, 0.4) is 0 Å². The summed E-state index contributed by atoms with van der Waals surface area (Å²) in [6.45, 7) is 10.2. The van der Waals surface area contributed by atoms with Crippen molar-refractivity contribution in [2.24, 2.45) is 10.1 Å². The number of aromatic amines is 1. The van der Waals surface area contributed by atoms with Crippen molar-refractivity contribution in [2.75, 3.05) is 27.8 Å². The maximum atomic E-state index is 12.9. The van der Waals surface area contributed by atoms with Gasteiger partial charge in [0.2, 0.25) is 5.95 Å². The third kappa shape index (κ3) is 5.83. The van der Waals surface area contributed by atoms with Crippen molar-refractivity contribution in [1.82, 2.24) is 24.4 Å².